The fourth-order valence-corrected chi connectivity index (χ4v) is 20.0. The van der Waals surface area contributed by atoms with Crippen LogP contribution >= 0.6 is 0 Å². The summed E-state index contributed by atoms with van der Waals surface area (Å²) in [6.07, 6.45) is -44.4. The van der Waals surface area contributed by atoms with Crippen LogP contribution in [0.5, 0.6) is 0 Å². The Morgan fingerprint density at radius 3 is 1.54 bits per heavy atom. The Hall–Kier alpha value is -3.87. The number of rotatable bonds is 23. The lowest BCUT2D eigenvalue weighted by Gasteiger charge is -2.72. The fourth-order valence-electron chi connectivity index (χ4n) is 20.0. The van der Waals surface area contributed by atoms with Gasteiger partial charge in [-0.3, -0.25) is 24.0 Å². The minimum Gasteiger partial charge on any atom is -0.462 e. The van der Waals surface area contributed by atoms with Crippen LogP contribution in [0.1, 0.15) is 174 Å². The highest BCUT2D eigenvalue weighted by Crippen LogP contribution is 2.76. The number of carbonyl (C=O) groups is 5. The number of aliphatic hydroxyl groups excluding tert-OH is 15. The molecule has 10 aliphatic rings. The zero-order chi connectivity index (χ0) is 80.6. The van der Waals surface area contributed by atoms with Crippen molar-refractivity contribution in [2.24, 2.45) is 50.2 Å². The standard InChI is InChI=1S/C75H120O34/c1-30(77)21-45(81)97-31(2)22-46(82)98-32(3)23-47(83)99-33(4)24-48(84)104-60-37(8)103-68(62(57(60)93)107-66-56(92)53(89)59(36(7)102-66)105-64-58(94)61(41(79)28-96-64)106-65-54(90)51(87)49(85)34(5)100-65)109-69(95)75-20-19-70(9,10)25-39(75)38-15-16-43-71(11)26-40(78)63(108-67-55(91)52(88)50(86)35(6)101-67)72(12,29-76)42(71)17-18-73(43,13)74(38,14)27-44(75)80/h15,30-37,39-44,49-68,76-80,85-94H,16-29H2,1-14H3/t30-,31-,32-,33-,34+,35-,36-,37+,39?,40-,41+,42?,43?,44+,49-,50-,51+,52+,53-,54+,55+,56+,57-,58+,59-,60-,61-,62+,63-,64-,65-,66?,67-,68-,71-,72-,73+,74+,75+/m0/s1. The minimum absolute atomic E-state index is 0.0486. The van der Waals surface area contributed by atoms with E-state index in [-0.39, 0.29) is 43.9 Å². The first-order valence-electron chi connectivity index (χ1n) is 38.5. The maximum Gasteiger partial charge on any atom is 0.317 e. The Balaban J connectivity index is 0.882. The van der Waals surface area contributed by atoms with Gasteiger partial charge in [-0.1, -0.05) is 53.2 Å². The first kappa shape index (κ1) is 87.5. The number of fused-ring (bicyclic) bond motifs is 7. The second-order valence-corrected chi connectivity index (χ2v) is 34.7. The molecule has 109 heavy (non-hydrogen) atoms. The van der Waals surface area contributed by atoms with Gasteiger partial charge in [0.1, 0.15) is 103 Å². The first-order valence-corrected chi connectivity index (χ1v) is 38.5. The largest absolute Gasteiger partial charge is 0.462 e. The molecule has 10 rings (SSSR count). The average molecular weight is 1570 g/mol. The number of hydrogen-bond donors (Lipinski definition) is 15. The van der Waals surface area contributed by atoms with E-state index in [0.717, 1.165) is 5.57 Å². The van der Waals surface area contributed by atoms with Crippen LogP contribution in [0.25, 0.3) is 0 Å². The molecule has 34 heteroatoms. The maximum atomic E-state index is 16.0. The number of carbonyl (C=O) groups excluding carboxylic acids is 5. The van der Waals surface area contributed by atoms with Crippen LogP contribution in [-0.4, -0.2) is 310 Å². The molecule has 4 unspecified atom stereocenters. The topological polar surface area (TPSA) is 518 Å². The molecule has 624 valence electrons. The predicted molar refractivity (Wildman–Crippen MR) is 369 cm³/mol. The summed E-state index contributed by atoms with van der Waals surface area (Å²) in [5.41, 5.74) is -4.45. The molecule has 0 amide bonds. The van der Waals surface area contributed by atoms with Crippen molar-refractivity contribution in [1.29, 1.82) is 0 Å². The van der Waals surface area contributed by atoms with Gasteiger partial charge >= 0.3 is 29.8 Å². The van der Waals surface area contributed by atoms with Crippen molar-refractivity contribution in [1.82, 2.24) is 0 Å². The molecule has 34 nitrogen and oxygen atoms in total. The third-order valence-electron chi connectivity index (χ3n) is 26.2. The van der Waals surface area contributed by atoms with E-state index in [1.807, 2.05) is 6.92 Å². The first-order chi connectivity index (χ1) is 50.8. The molecule has 15 N–H and O–H groups in total. The Morgan fingerprint density at radius 1 is 0.486 bits per heavy atom. The summed E-state index contributed by atoms with van der Waals surface area (Å²) in [5, 5.41) is 169. The van der Waals surface area contributed by atoms with Crippen molar-refractivity contribution < 1.29 is 167 Å². The maximum absolute atomic E-state index is 16.0. The molecule has 0 radical (unpaired) electrons. The molecule has 9 fully saturated rings. The summed E-state index contributed by atoms with van der Waals surface area (Å²) in [6, 6.07) is 0. The average Bonchev–Trinajstić information content (AvgIpc) is 0.669. The van der Waals surface area contributed by atoms with Crippen molar-refractivity contribution in [2.45, 2.75) is 364 Å². The number of aliphatic hydroxyl groups is 15. The number of allylic oxidation sites excluding steroid dienone is 2. The van der Waals surface area contributed by atoms with E-state index in [4.69, 9.17) is 66.3 Å². The summed E-state index contributed by atoms with van der Waals surface area (Å²) < 4.78 is 82.5. The van der Waals surface area contributed by atoms with E-state index >= 15 is 4.79 Å². The van der Waals surface area contributed by atoms with Gasteiger partial charge in [0.15, 0.2) is 37.4 Å². The molecule has 39 atom stereocenters. The minimum atomic E-state index is -2.13. The van der Waals surface area contributed by atoms with Gasteiger partial charge in [-0.15, -0.1) is 0 Å². The Kier molecular flexibility index (Phi) is 27.1. The molecule has 0 aromatic carbocycles. The van der Waals surface area contributed by atoms with Gasteiger partial charge in [0.25, 0.3) is 0 Å². The fraction of sp³-hybridized carbons (Fsp3) is 0.907. The highest BCUT2D eigenvalue weighted by Gasteiger charge is 2.74. The molecule has 0 spiro atoms. The van der Waals surface area contributed by atoms with E-state index in [2.05, 4.69) is 40.7 Å². The van der Waals surface area contributed by atoms with Crippen molar-refractivity contribution in [3.05, 3.63) is 11.6 Å². The molecular weight excluding hydrogens is 1440 g/mol. The van der Waals surface area contributed by atoms with Crippen LogP contribution in [0.3, 0.4) is 0 Å². The van der Waals surface area contributed by atoms with Gasteiger partial charge in [0, 0.05) is 5.41 Å². The highest BCUT2D eigenvalue weighted by atomic mass is 16.8. The lowest BCUT2D eigenvalue weighted by molar-refractivity contribution is -0.380. The lowest BCUT2D eigenvalue weighted by Crippen LogP contribution is -2.70. The molecule has 5 heterocycles. The SMILES string of the molecule is C[C@H](O)CC(=O)O[C@@H](C)CC(=O)O[C@@H](C)CC(=O)O[C@@H](C)CC(=O)O[C@@H]1[C@H](O)[C@@H](OC2O[C@@H](C)[C@H](O[C@@H]3OC[C@@H](O)[C@H](O[C@@H]4O[C@H](C)[C@H](O)[C@@H](O)[C@H]4O)[C@H]3O)[C@@H](O)[C@H]2O)[C@H](OC(=O)[C@]23CCC(C)(C)CC2C2=CCC4[C@@]5(C)C[C@H](O)[C@H](O[C@@H]6O[C@@H](C)[C@H](O)[C@@H](O)[C@H]6O)[C@@](C)(CO)C5CC[C@@]4(C)[C@]2(C)C[C@H]3O)O[C@@H]1C. The molecule has 5 aliphatic heterocycles. The zero-order valence-corrected chi connectivity index (χ0v) is 64.6. The highest BCUT2D eigenvalue weighted by molar-refractivity contribution is 5.80. The summed E-state index contributed by atoms with van der Waals surface area (Å²) in [7, 11) is 0. The summed E-state index contributed by atoms with van der Waals surface area (Å²) in [5.74, 6) is -5.57. The molecule has 0 aromatic rings. The second kappa shape index (κ2) is 33.8. The summed E-state index contributed by atoms with van der Waals surface area (Å²) in [4.78, 5) is 67.8. The van der Waals surface area contributed by atoms with E-state index in [9.17, 15) is 95.8 Å². The molecule has 4 saturated carbocycles. The van der Waals surface area contributed by atoms with Crippen LogP contribution < -0.4 is 0 Å². The molecule has 5 saturated heterocycles. The smallest absolute Gasteiger partial charge is 0.317 e. The van der Waals surface area contributed by atoms with Crippen molar-refractivity contribution >= 4 is 29.8 Å². The molecular formula is C75H120O34. The van der Waals surface area contributed by atoms with Crippen LogP contribution in [0.15, 0.2) is 11.6 Å². The number of ether oxygens (including phenoxy) is 14. The quantitative estimate of drug-likeness (QED) is 0.0246. The van der Waals surface area contributed by atoms with E-state index < -0.39 is 284 Å². The summed E-state index contributed by atoms with van der Waals surface area (Å²) >= 11 is 0. The van der Waals surface area contributed by atoms with Gasteiger partial charge < -0.3 is 143 Å². The second-order valence-electron chi connectivity index (χ2n) is 34.7. The third kappa shape index (κ3) is 17.1. The van der Waals surface area contributed by atoms with E-state index in [1.54, 1.807) is 0 Å². The Labute approximate surface area is 633 Å². The van der Waals surface area contributed by atoms with Crippen LogP contribution in [0.4, 0.5) is 0 Å². The van der Waals surface area contributed by atoms with E-state index in [0.29, 0.717) is 32.1 Å². The number of esters is 5. The lowest BCUT2D eigenvalue weighted by atomic mass is 9.33. The molecule has 0 aromatic heterocycles. The summed E-state index contributed by atoms with van der Waals surface area (Å²) in [6.45, 7) is 22.8. The van der Waals surface area contributed by atoms with E-state index in [1.165, 1.54) is 55.4 Å². The normalized spacial score (nSPS) is 48.0. The van der Waals surface area contributed by atoms with Crippen molar-refractivity contribution in [3.8, 4) is 0 Å². The van der Waals surface area contributed by atoms with Gasteiger partial charge in [-0.2, -0.15) is 0 Å². The monoisotopic (exact) mass is 1560 g/mol. The molecule has 5 aliphatic carbocycles. The van der Waals surface area contributed by atoms with Crippen LogP contribution in [-0.2, 0) is 90.3 Å². The van der Waals surface area contributed by atoms with Gasteiger partial charge in [0.2, 0.25) is 6.29 Å². The van der Waals surface area contributed by atoms with Gasteiger partial charge in [-0.25, -0.2) is 0 Å². The van der Waals surface area contributed by atoms with Gasteiger partial charge in [0.05, 0.1) is 87.7 Å². The predicted octanol–water partition coefficient (Wildman–Crippen LogP) is -1.26. The van der Waals surface area contributed by atoms with Crippen molar-refractivity contribution in [3.63, 3.8) is 0 Å². The zero-order valence-electron chi connectivity index (χ0n) is 64.6. The van der Waals surface area contributed by atoms with Crippen molar-refractivity contribution in [2.75, 3.05) is 13.2 Å². The van der Waals surface area contributed by atoms with Crippen LogP contribution in [0.2, 0.25) is 0 Å². The Morgan fingerprint density at radius 2 is 0.982 bits per heavy atom. The molecule has 0 bridgehead atoms. The third-order valence-corrected chi connectivity index (χ3v) is 26.2. The Bertz CT molecular complexity index is 3200. The van der Waals surface area contributed by atoms with Gasteiger partial charge in [-0.05, 0) is 146 Å². The van der Waals surface area contributed by atoms with Crippen LogP contribution in [0, 0.1) is 50.2 Å². The number of hydrogen-bond acceptors (Lipinski definition) is 34.